The van der Waals surface area contributed by atoms with Gasteiger partial charge in [-0.3, -0.25) is 9.79 Å². The zero-order valence-corrected chi connectivity index (χ0v) is 18.8. The SMILES string of the molecule is CCN(CC)CCN1C(=O)CN=C(c2ccccc2F)c2cc(Cl)ccc21.Cl.Cl. The minimum Gasteiger partial charge on any atom is -0.309 e. The Balaban J connectivity index is 0.00000210. The van der Waals surface area contributed by atoms with Crippen LogP contribution < -0.4 is 4.90 Å². The average Bonchev–Trinajstić information content (AvgIpc) is 2.80. The summed E-state index contributed by atoms with van der Waals surface area (Å²) in [6.45, 7) is 7.33. The van der Waals surface area contributed by atoms with Crippen LogP contribution in [0.3, 0.4) is 0 Å². The first kappa shape index (κ1) is 25.4. The lowest BCUT2D eigenvalue weighted by Gasteiger charge is -2.27. The molecule has 0 unspecified atom stereocenters. The summed E-state index contributed by atoms with van der Waals surface area (Å²) in [5.74, 6) is -0.469. The highest BCUT2D eigenvalue weighted by Gasteiger charge is 2.26. The van der Waals surface area contributed by atoms with Gasteiger partial charge in [0.25, 0.3) is 0 Å². The van der Waals surface area contributed by atoms with Gasteiger partial charge in [0.05, 0.1) is 11.4 Å². The van der Waals surface area contributed by atoms with Crippen molar-refractivity contribution >= 4 is 53.7 Å². The van der Waals surface area contributed by atoms with Crippen LogP contribution in [0.25, 0.3) is 0 Å². The number of likely N-dealkylation sites (N-methyl/N-ethyl adjacent to an activating group) is 1. The number of nitrogens with zero attached hydrogens (tertiary/aromatic N) is 3. The van der Waals surface area contributed by atoms with Gasteiger partial charge in [-0.15, -0.1) is 24.8 Å². The molecule has 1 aliphatic heterocycles. The number of hydrogen-bond donors (Lipinski definition) is 0. The quantitative estimate of drug-likeness (QED) is 0.618. The van der Waals surface area contributed by atoms with E-state index in [1.807, 2.05) is 6.07 Å². The first-order valence-electron chi connectivity index (χ1n) is 9.17. The van der Waals surface area contributed by atoms with Crippen LogP contribution in [0.4, 0.5) is 10.1 Å². The van der Waals surface area contributed by atoms with Crippen LogP contribution >= 0.6 is 36.4 Å². The number of benzene rings is 2. The Morgan fingerprint density at radius 1 is 1.10 bits per heavy atom. The van der Waals surface area contributed by atoms with Gasteiger partial charge in [0.1, 0.15) is 12.4 Å². The predicted molar refractivity (Wildman–Crippen MR) is 123 cm³/mol. The number of aliphatic imine (C=N–C) groups is 1. The maximum atomic E-state index is 14.4. The molecule has 1 aliphatic rings. The lowest BCUT2D eigenvalue weighted by atomic mass is 9.99. The highest BCUT2D eigenvalue weighted by Crippen LogP contribution is 2.30. The van der Waals surface area contributed by atoms with Crippen molar-refractivity contribution in [2.45, 2.75) is 13.8 Å². The second kappa shape index (κ2) is 11.5. The first-order valence-corrected chi connectivity index (χ1v) is 9.55. The molecule has 0 aliphatic carbocycles. The van der Waals surface area contributed by atoms with Crippen molar-refractivity contribution in [3.8, 4) is 0 Å². The van der Waals surface area contributed by atoms with E-state index in [0.717, 1.165) is 25.3 Å². The molecule has 0 radical (unpaired) electrons. The van der Waals surface area contributed by atoms with Crippen molar-refractivity contribution in [2.75, 3.05) is 37.6 Å². The van der Waals surface area contributed by atoms with E-state index in [2.05, 4.69) is 23.7 Å². The Hall–Kier alpha value is -1.66. The number of amides is 1. The Kier molecular flexibility index (Phi) is 10.1. The molecular weight excluding hydrogens is 436 g/mol. The summed E-state index contributed by atoms with van der Waals surface area (Å²) in [5.41, 5.74) is 2.23. The van der Waals surface area contributed by atoms with E-state index >= 15 is 0 Å². The zero-order valence-electron chi connectivity index (χ0n) is 16.4. The van der Waals surface area contributed by atoms with Crippen molar-refractivity contribution in [2.24, 2.45) is 4.99 Å². The van der Waals surface area contributed by atoms with Crippen molar-refractivity contribution < 1.29 is 9.18 Å². The molecule has 0 saturated carbocycles. The van der Waals surface area contributed by atoms with Gasteiger partial charge in [-0.05, 0) is 43.4 Å². The van der Waals surface area contributed by atoms with E-state index in [9.17, 15) is 9.18 Å². The van der Waals surface area contributed by atoms with Crippen LogP contribution in [0.15, 0.2) is 47.5 Å². The van der Waals surface area contributed by atoms with Gasteiger partial charge in [-0.25, -0.2) is 4.39 Å². The Bertz CT molecular complexity index is 872. The number of carbonyl (C=O) groups excluding carboxylic acids is 1. The van der Waals surface area contributed by atoms with Gasteiger partial charge in [-0.2, -0.15) is 0 Å². The maximum Gasteiger partial charge on any atom is 0.248 e. The molecule has 0 saturated heterocycles. The maximum absolute atomic E-state index is 14.4. The number of anilines is 1. The number of benzodiazepines with no additional fused rings is 1. The van der Waals surface area contributed by atoms with Gasteiger partial charge < -0.3 is 9.80 Å². The summed E-state index contributed by atoms with van der Waals surface area (Å²) in [6, 6.07) is 11.8. The summed E-state index contributed by atoms with van der Waals surface area (Å²) in [6.07, 6.45) is 0. The van der Waals surface area contributed by atoms with Gasteiger partial charge >= 0.3 is 0 Å². The summed E-state index contributed by atoms with van der Waals surface area (Å²) in [7, 11) is 0. The highest BCUT2D eigenvalue weighted by molar-refractivity contribution is 6.32. The minimum atomic E-state index is -0.369. The van der Waals surface area contributed by atoms with Crippen LogP contribution in [0.5, 0.6) is 0 Å². The Labute approximate surface area is 188 Å². The first-order chi connectivity index (χ1) is 13.0. The van der Waals surface area contributed by atoms with Crippen LogP contribution in [0.1, 0.15) is 25.0 Å². The van der Waals surface area contributed by atoms with E-state index in [0.29, 0.717) is 28.4 Å². The molecule has 0 N–H and O–H groups in total. The lowest BCUT2D eigenvalue weighted by Crippen LogP contribution is -2.39. The monoisotopic (exact) mass is 459 g/mol. The van der Waals surface area contributed by atoms with Crippen molar-refractivity contribution in [3.63, 3.8) is 0 Å². The second-order valence-corrected chi connectivity index (χ2v) is 6.81. The molecule has 1 amide bonds. The van der Waals surface area contributed by atoms with Crippen LogP contribution in [-0.4, -0.2) is 49.2 Å². The van der Waals surface area contributed by atoms with Crippen molar-refractivity contribution in [1.82, 2.24) is 4.90 Å². The molecule has 4 nitrogen and oxygen atoms in total. The van der Waals surface area contributed by atoms with E-state index in [4.69, 9.17) is 11.6 Å². The fraction of sp³-hybridized carbons (Fsp3) is 0.333. The molecular formula is C21H25Cl3FN3O. The summed E-state index contributed by atoms with van der Waals surface area (Å²) >= 11 is 6.22. The summed E-state index contributed by atoms with van der Waals surface area (Å²) in [4.78, 5) is 21.2. The van der Waals surface area contributed by atoms with Gasteiger partial charge in [-0.1, -0.05) is 37.6 Å². The molecule has 8 heteroatoms. The van der Waals surface area contributed by atoms with E-state index < -0.39 is 0 Å². The van der Waals surface area contributed by atoms with Crippen LogP contribution in [0.2, 0.25) is 5.02 Å². The normalized spacial score (nSPS) is 13.2. The fourth-order valence-corrected chi connectivity index (χ4v) is 3.47. The van der Waals surface area contributed by atoms with E-state index in [1.165, 1.54) is 6.07 Å². The number of hydrogen-bond acceptors (Lipinski definition) is 3. The Morgan fingerprint density at radius 3 is 2.45 bits per heavy atom. The summed E-state index contributed by atoms with van der Waals surface area (Å²) in [5, 5.41) is 0.524. The molecule has 0 fully saturated rings. The topological polar surface area (TPSA) is 35.9 Å². The molecule has 0 bridgehead atoms. The predicted octanol–water partition coefficient (Wildman–Crippen LogP) is 4.85. The molecule has 0 aromatic heterocycles. The van der Waals surface area contributed by atoms with Crippen molar-refractivity contribution in [1.29, 1.82) is 0 Å². The smallest absolute Gasteiger partial charge is 0.248 e. The third kappa shape index (κ3) is 5.70. The molecule has 3 rings (SSSR count). The third-order valence-electron chi connectivity index (χ3n) is 4.84. The van der Waals surface area contributed by atoms with Crippen molar-refractivity contribution in [3.05, 3.63) is 64.4 Å². The van der Waals surface area contributed by atoms with Gasteiger partial charge in [0.2, 0.25) is 5.91 Å². The van der Waals surface area contributed by atoms with Gasteiger partial charge in [0.15, 0.2) is 0 Å². The molecule has 0 atom stereocenters. The largest absolute Gasteiger partial charge is 0.309 e. The second-order valence-electron chi connectivity index (χ2n) is 6.38. The molecule has 29 heavy (non-hydrogen) atoms. The average molecular weight is 461 g/mol. The number of carbonyl (C=O) groups is 1. The number of halogens is 4. The number of fused-ring (bicyclic) bond motifs is 1. The molecule has 0 spiro atoms. The standard InChI is InChI=1S/C21H23ClFN3O.2ClH/c1-3-25(4-2)11-12-26-19-10-9-15(22)13-17(19)21(24-14-20(26)27)16-7-5-6-8-18(16)23;;/h5-10,13H,3-4,11-12,14H2,1-2H3;2*1H. The molecule has 158 valence electrons. The Morgan fingerprint density at radius 2 is 1.79 bits per heavy atom. The highest BCUT2D eigenvalue weighted by atomic mass is 35.5. The zero-order chi connectivity index (χ0) is 19.4. The van der Waals surface area contributed by atoms with Crippen LogP contribution in [-0.2, 0) is 4.79 Å². The van der Waals surface area contributed by atoms with Crippen LogP contribution in [0, 0.1) is 5.82 Å². The lowest BCUT2D eigenvalue weighted by molar-refractivity contribution is -0.117. The number of rotatable bonds is 6. The summed E-state index contributed by atoms with van der Waals surface area (Å²) < 4.78 is 14.4. The third-order valence-corrected chi connectivity index (χ3v) is 5.08. The van der Waals surface area contributed by atoms with E-state index in [-0.39, 0.29) is 43.1 Å². The fourth-order valence-electron chi connectivity index (χ4n) is 3.29. The molecule has 2 aromatic carbocycles. The van der Waals surface area contributed by atoms with E-state index in [1.54, 1.807) is 35.2 Å². The minimum absolute atomic E-state index is 0. The molecule has 1 heterocycles. The molecule has 2 aromatic rings. The van der Waals surface area contributed by atoms with Gasteiger partial charge in [0, 0.05) is 29.2 Å².